The fraction of sp³-hybridized carbons (Fsp3) is 0.412. The normalized spacial score (nSPS) is 15.4. The van der Waals surface area contributed by atoms with Crippen LogP contribution in [-0.4, -0.2) is 35.6 Å². The maximum Gasteiger partial charge on any atom is 0.329 e. The number of carbonyl (C=O) groups excluding carboxylic acids is 1. The van der Waals surface area contributed by atoms with Crippen LogP contribution in [0.4, 0.5) is 5.82 Å². The maximum atomic E-state index is 12.1. The molecule has 0 radical (unpaired) electrons. The summed E-state index contributed by atoms with van der Waals surface area (Å²) in [6.07, 6.45) is 2.15. The van der Waals surface area contributed by atoms with Crippen molar-refractivity contribution < 1.29 is 9.53 Å². The predicted molar refractivity (Wildman–Crippen MR) is 86.0 cm³/mol. The second-order valence-electron chi connectivity index (χ2n) is 5.43. The van der Waals surface area contributed by atoms with E-state index in [9.17, 15) is 10.1 Å². The van der Waals surface area contributed by atoms with E-state index in [0.717, 1.165) is 31.4 Å². The Balaban J connectivity index is 2.13. The van der Waals surface area contributed by atoms with Crippen LogP contribution in [0.2, 0.25) is 0 Å². The van der Waals surface area contributed by atoms with Gasteiger partial charge in [-0.2, -0.15) is 5.26 Å². The molecule has 6 nitrogen and oxygen atoms in total. The van der Waals surface area contributed by atoms with Gasteiger partial charge in [-0.3, -0.25) is 4.79 Å². The molecule has 0 aliphatic carbocycles. The number of aromatic nitrogens is 2. The summed E-state index contributed by atoms with van der Waals surface area (Å²) in [6.45, 7) is 3.68. The molecule has 0 N–H and O–H groups in total. The van der Waals surface area contributed by atoms with E-state index in [1.54, 1.807) is 6.92 Å². The lowest BCUT2D eigenvalue weighted by Crippen LogP contribution is -2.25. The Morgan fingerprint density at radius 1 is 1.30 bits per heavy atom. The van der Waals surface area contributed by atoms with Crippen LogP contribution in [0.25, 0.3) is 11.0 Å². The minimum atomic E-state index is -1.05. The summed E-state index contributed by atoms with van der Waals surface area (Å²) in [6, 6.07) is 9.51. The number of esters is 1. The third kappa shape index (κ3) is 2.95. The Morgan fingerprint density at radius 3 is 2.57 bits per heavy atom. The van der Waals surface area contributed by atoms with Crippen LogP contribution < -0.4 is 4.90 Å². The predicted octanol–water partition coefficient (Wildman–Crippen LogP) is 2.40. The van der Waals surface area contributed by atoms with E-state index in [1.165, 1.54) is 0 Å². The van der Waals surface area contributed by atoms with E-state index in [1.807, 2.05) is 30.3 Å². The van der Waals surface area contributed by atoms with Crippen LogP contribution in [0.3, 0.4) is 0 Å². The first-order valence-electron chi connectivity index (χ1n) is 7.82. The van der Waals surface area contributed by atoms with Gasteiger partial charge in [0.1, 0.15) is 5.69 Å². The average molecular weight is 310 g/mol. The summed E-state index contributed by atoms with van der Waals surface area (Å²) in [5.41, 5.74) is 1.83. The summed E-state index contributed by atoms with van der Waals surface area (Å²) in [7, 11) is 0. The van der Waals surface area contributed by atoms with Crippen LogP contribution in [0.1, 0.15) is 31.4 Å². The first-order valence-corrected chi connectivity index (χ1v) is 7.82. The highest BCUT2D eigenvalue weighted by atomic mass is 16.5. The number of fused-ring (bicyclic) bond motifs is 1. The molecule has 0 spiro atoms. The number of nitrogens with zero attached hydrogens (tertiary/aromatic N) is 4. The average Bonchev–Trinajstić information content (AvgIpc) is 3.09. The topological polar surface area (TPSA) is 79.1 Å². The summed E-state index contributed by atoms with van der Waals surface area (Å²) in [5.74, 6) is -0.997. The van der Waals surface area contributed by atoms with Gasteiger partial charge in [0.15, 0.2) is 11.7 Å². The molecule has 23 heavy (non-hydrogen) atoms. The highest BCUT2D eigenvalue weighted by Crippen LogP contribution is 2.29. The number of para-hydroxylation sites is 2. The third-order valence-electron chi connectivity index (χ3n) is 3.91. The molecule has 2 heterocycles. The van der Waals surface area contributed by atoms with Gasteiger partial charge in [0.25, 0.3) is 0 Å². The van der Waals surface area contributed by atoms with Crippen molar-refractivity contribution in [1.82, 2.24) is 9.97 Å². The largest absolute Gasteiger partial charge is 0.465 e. The van der Waals surface area contributed by atoms with Gasteiger partial charge >= 0.3 is 5.97 Å². The lowest BCUT2D eigenvalue weighted by atomic mass is 10.1. The highest BCUT2D eigenvalue weighted by Gasteiger charge is 2.30. The first kappa shape index (κ1) is 15.2. The van der Waals surface area contributed by atoms with Crippen molar-refractivity contribution in [2.75, 3.05) is 24.6 Å². The van der Waals surface area contributed by atoms with Crippen LogP contribution in [0.5, 0.6) is 0 Å². The van der Waals surface area contributed by atoms with Crippen molar-refractivity contribution in [1.29, 1.82) is 5.26 Å². The molecule has 1 aromatic carbocycles. The van der Waals surface area contributed by atoms with Crippen molar-refractivity contribution in [2.24, 2.45) is 0 Å². The van der Waals surface area contributed by atoms with Gasteiger partial charge in [-0.05, 0) is 31.9 Å². The molecular formula is C17H18N4O2. The van der Waals surface area contributed by atoms with Gasteiger partial charge in [-0.1, -0.05) is 12.1 Å². The Kier molecular flexibility index (Phi) is 4.38. The molecule has 6 heteroatoms. The van der Waals surface area contributed by atoms with Crippen molar-refractivity contribution in [3.8, 4) is 6.07 Å². The molecule has 0 amide bonds. The number of nitriles is 1. The zero-order valence-corrected chi connectivity index (χ0v) is 13.0. The summed E-state index contributed by atoms with van der Waals surface area (Å²) >= 11 is 0. The lowest BCUT2D eigenvalue weighted by molar-refractivity contribution is -0.143. The molecule has 1 aliphatic rings. The molecule has 0 bridgehead atoms. The summed E-state index contributed by atoms with van der Waals surface area (Å²) < 4.78 is 5.03. The fourth-order valence-electron chi connectivity index (χ4n) is 2.81. The van der Waals surface area contributed by atoms with Crippen molar-refractivity contribution in [2.45, 2.75) is 25.7 Å². The Labute approximate surface area is 134 Å². The molecular weight excluding hydrogens is 292 g/mol. The highest BCUT2D eigenvalue weighted by molar-refractivity contribution is 5.85. The maximum absolute atomic E-state index is 12.1. The molecule has 1 atom stereocenters. The number of hydrogen-bond acceptors (Lipinski definition) is 6. The van der Waals surface area contributed by atoms with Gasteiger partial charge in [-0.25, -0.2) is 9.97 Å². The number of ether oxygens (including phenoxy) is 1. The van der Waals surface area contributed by atoms with E-state index >= 15 is 0 Å². The molecule has 1 fully saturated rings. The molecule has 0 saturated carbocycles. The number of hydrogen-bond donors (Lipinski definition) is 0. The molecule has 1 aliphatic heterocycles. The van der Waals surface area contributed by atoms with Gasteiger partial charge in [0.05, 0.1) is 23.7 Å². The molecule has 1 saturated heterocycles. The fourth-order valence-corrected chi connectivity index (χ4v) is 2.81. The lowest BCUT2D eigenvalue weighted by Gasteiger charge is -2.21. The van der Waals surface area contributed by atoms with Gasteiger partial charge in [0.2, 0.25) is 0 Å². The molecule has 0 unspecified atom stereocenters. The van der Waals surface area contributed by atoms with E-state index in [0.29, 0.717) is 17.0 Å². The van der Waals surface area contributed by atoms with E-state index in [4.69, 9.17) is 4.74 Å². The van der Waals surface area contributed by atoms with Gasteiger partial charge < -0.3 is 9.64 Å². The standard InChI is InChI=1S/C17H18N4O2/c1-2-23-17(22)12(11-18)15-16(21-9-5-6-10-21)20-14-8-4-3-7-13(14)19-15/h3-4,7-8,12H,2,5-6,9-10H2,1H3/t12-/m0/s1. The summed E-state index contributed by atoms with van der Waals surface area (Å²) in [4.78, 5) is 23.5. The number of benzene rings is 1. The van der Waals surface area contributed by atoms with E-state index < -0.39 is 11.9 Å². The summed E-state index contributed by atoms with van der Waals surface area (Å²) in [5, 5.41) is 9.48. The monoisotopic (exact) mass is 310 g/mol. The van der Waals surface area contributed by atoms with Gasteiger partial charge in [-0.15, -0.1) is 0 Å². The number of carbonyl (C=O) groups is 1. The van der Waals surface area contributed by atoms with Crippen LogP contribution in [0.15, 0.2) is 24.3 Å². The van der Waals surface area contributed by atoms with Crippen LogP contribution in [0, 0.1) is 11.3 Å². The molecule has 118 valence electrons. The minimum Gasteiger partial charge on any atom is -0.465 e. The molecule has 1 aromatic heterocycles. The smallest absolute Gasteiger partial charge is 0.329 e. The van der Waals surface area contributed by atoms with Crippen LogP contribution >= 0.6 is 0 Å². The van der Waals surface area contributed by atoms with Crippen LogP contribution in [-0.2, 0) is 9.53 Å². The molecule has 2 aromatic rings. The zero-order valence-electron chi connectivity index (χ0n) is 13.0. The Morgan fingerprint density at radius 2 is 1.96 bits per heavy atom. The van der Waals surface area contributed by atoms with E-state index in [2.05, 4.69) is 14.9 Å². The van der Waals surface area contributed by atoms with Crippen molar-refractivity contribution >= 4 is 22.8 Å². The first-order chi connectivity index (χ1) is 11.2. The second kappa shape index (κ2) is 6.61. The SMILES string of the molecule is CCOC(=O)[C@@H](C#N)c1nc2ccccc2nc1N1CCCC1. The van der Waals surface area contributed by atoms with Crippen molar-refractivity contribution in [3.63, 3.8) is 0 Å². The van der Waals surface area contributed by atoms with E-state index in [-0.39, 0.29) is 6.61 Å². The second-order valence-corrected chi connectivity index (χ2v) is 5.43. The van der Waals surface area contributed by atoms with Crippen molar-refractivity contribution in [3.05, 3.63) is 30.0 Å². The quantitative estimate of drug-likeness (QED) is 0.807. The van der Waals surface area contributed by atoms with Gasteiger partial charge in [0, 0.05) is 13.1 Å². The number of anilines is 1. The third-order valence-corrected chi connectivity index (χ3v) is 3.91. The molecule has 3 rings (SSSR count). The Bertz CT molecular complexity index is 763. The Hall–Kier alpha value is -2.68. The zero-order chi connectivity index (χ0) is 16.2. The minimum absolute atomic E-state index is 0.233. The number of rotatable bonds is 4.